The fourth-order valence-corrected chi connectivity index (χ4v) is 3.95. The smallest absolute Gasteiger partial charge is 0.340 e. The molecular weight excluding hydrogens is 344 g/mol. The van der Waals surface area contributed by atoms with E-state index in [4.69, 9.17) is 4.74 Å². The van der Waals surface area contributed by atoms with Crippen LogP contribution in [0.4, 0.5) is 0 Å². The van der Waals surface area contributed by atoms with Crippen LogP contribution < -0.4 is 10.6 Å². The van der Waals surface area contributed by atoms with Gasteiger partial charge < -0.3 is 15.4 Å². The first-order valence-corrected chi connectivity index (χ1v) is 8.88. The fourth-order valence-electron chi connectivity index (χ4n) is 3.95. The summed E-state index contributed by atoms with van der Waals surface area (Å²) < 4.78 is 5.00. The molecule has 2 N–H and O–H groups in total. The maximum Gasteiger partial charge on any atom is 0.340 e. The van der Waals surface area contributed by atoms with Crippen LogP contribution in [0, 0.1) is 5.92 Å². The Labute approximate surface area is 157 Å². The highest BCUT2D eigenvalue weighted by molar-refractivity contribution is 5.99. The number of hydrogen-bond donors (Lipinski definition) is 2. The molecule has 2 aliphatic carbocycles. The molecule has 1 fully saturated rings. The lowest BCUT2D eigenvalue weighted by Crippen LogP contribution is -2.56. The summed E-state index contributed by atoms with van der Waals surface area (Å²) in [6.07, 6.45) is 6.51. The van der Waals surface area contributed by atoms with Gasteiger partial charge in [-0.25, -0.2) is 4.79 Å². The van der Waals surface area contributed by atoms with Gasteiger partial charge in [-0.2, -0.15) is 0 Å². The maximum atomic E-state index is 13.0. The SMILES string of the molecule is COC(=O)C1(NC(=O)[C@@H]2C[C@H]2c2ccccc2)C=CC=C2NCC(C=O)=C21. The van der Waals surface area contributed by atoms with Gasteiger partial charge in [0, 0.05) is 29.3 Å². The van der Waals surface area contributed by atoms with E-state index in [1.165, 1.54) is 7.11 Å². The van der Waals surface area contributed by atoms with Crippen molar-refractivity contribution in [3.05, 3.63) is 71.0 Å². The predicted molar refractivity (Wildman–Crippen MR) is 98.5 cm³/mol. The lowest BCUT2D eigenvalue weighted by molar-refractivity contribution is -0.147. The molecule has 3 atom stereocenters. The second kappa shape index (κ2) is 6.54. The van der Waals surface area contributed by atoms with Crippen molar-refractivity contribution >= 4 is 18.2 Å². The molecule has 1 amide bonds. The number of carbonyl (C=O) groups is 3. The Kier molecular flexibility index (Phi) is 4.18. The topological polar surface area (TPSA) is 84.5 Å². The summed E-state index contributed by atoms with van der Waals surface area (Å²) in [4.78, 5) is 37.2. The Morgan fingerprint density at radius 2 is 2.07 bits per heavy atom. The summed E-state index contributed by atoms with van der Waals surface area (Å²) in [5.74, 6) is -0.895. The number of amides is 1. The largest absolute Gasteiger partial charge is 0.467 e. The fraction of sp³-hybridized carbons (Fsp3) is 0.286. The van der Waals surface area contributed by atoms with Crippen molar-refractivity contribution in [2.75, 3.05) is 13.7 Å². The van der Waals surface area contributed by atoms with Gasteiger partial charge in [-0.3, -0.25) is 9.59 Å². The zero-order valence-corrected chi connectivity index (χ0v) is 14.9. The van der Waals surface area contributed by atoms with Gasteiger partial charge in [0.2, 0.25) is 5.91 Å². The number of allylic oxidation sites excluding steroid dienone is 2. The van der Waals surface area contributed by atoms with Crippen LogP contribution in [0.1, 0.15) is 17.9 Å². The summed E-state index contributed by atoms with van der Waals surface area (Å²) in [5, 5.41) is 5.97. The Hall–Kier alpha value is -3.15. The van der Waals surface area contributed by atoms with E-state index in [-0.39, 0.29) is 17.7 Å². The van der Waals surface area contributed by atoms with Gasteiger partial charge in [0.15, 0.2) is 5.54 Å². The highest BCUT2D eigenvalue weighted by Gasteiger charge is 2.52. The maximum absolute atomic E-state index is 13.0. The molecule has 1 unspecified atom stereocenters. The van der Waals surface area contributed by atoms with Crippen molar-refractivity contribution in [1.82, 2.24) is 10.6 Å². The third kappa shape index (κ3) is 2.77. The summed E-state index contributed by atoms with van der Waals surface area (Å²) in [5.41, 5.74) is 1.18. The number of fused-ring (bicyclic) bond motifs is 1. The first-order valence-electron chi connectivity index (χ1n) is 8.88. The molecule has 27 heavy (non-hydrogen) atoms. The minimum absolute atomic E-state index is 0.143. The van der Waals surface area contributed by atoms with Gasteiger partial charge in [0.05, 0.1) is 7.11 Å². The predicted octanol–water partition coefficient (Wildman–Crippen LogP) is 1.37. The van der Waals surface area contributed by atoms with E-state index in [1.54, 1.807) is 18.2 Å². The van der Waals surface area contributed by atoms with Gasteiger partial charge in [-0.15, -0.1) is 0 Å². The Morgan fingerprint density at radius 1 is 1.30 bits per heavy atom. The average molecular weight is 364 g/mol. The minimum atomic E-state index is -1.49. The number of nitrogens with one attached hydrogen (secondary N) is 2. The monoisotopic (exact) mass is 364 g/mol. The molecule has 6 nitrogen and oxygen atoms in total. The molecule has 0 spiro atoms. The van der Waals surface area contributed by atoms with Crippen molar-refractivity contribution in [2.45, 2.75) is 17.9 Å². The van der Waals surface area contributed by atoms with Crippen LogP contribution in [-0.4, -0.2) is 37.4 Å². The molecule has 4 rings (SSSR count). The Morgan fingerprint density at radius 3 is 2.78 bits per heavy atom. The van der Waals surface area contributed by atoms with Crippen molar-refractivity contribution < 1.29 is 19.1 Å². The quantitative estimate of drug-likeness (QED) is 0.609. The van der Waals surface area contributed by atoms with Crippen LogP contribution in [0.3, 0.4) is 0 Å². The van der Waals surface area contributed by atoms with Gasteiger partial charge in [0.25, 0.3) is 0 Å². The molecule has 138 valence electrons. The van der Waals surface area contributed by atoms with Crippen LogP contribution in [0.15, 0.2) is 65.4 Å². The van der Waals surface area contributed by atoms with Crippen molar-refractivity contribution in [3.8, 4) is 0 Å². The molecule has 0 saturated heterocycles. The van der Waals surface area contributed by atoms with E-state index in [1.807, 2.05) is 30.3 Å². The third-order valence-corrected chi connectivity index (χ3v) is 5.39. The van der Waals surface area contributed by atoms with Crippen molar-refractivity contribution in [2.24, 2.45) is 5.92 Å². The third-order valence-electron chi connectivity index (χ3n) is 5.39. The average Bonchev–Trinajstić information content (AvgIpc) is 3.40. The number of benzene rings is 1. The van der Waals surface area contributed by atoms with E-state index in [0.29, 0.717) is 23.4 Å². The summed E-state index contributed by atoms with van der Waals surface area (Å²) in [7, 11) is 1.27. The second-order valence-corrected chi connectivity index (χ2v) is 6.96. The van der Waals surface area contributed by atoms with E-state index >= 15 is 0 Å². The Bertz CT molecular complexity index is 900. The lowest BCUT2D eigenvalue weighted by Gasteiger charge is -2.33. The van der Waals surface area contributed by atoms with Gasteiger partial charge in [0.1, 0.15) is 6.29 Å². The van der Waals surface area contributed by atoms with E-state index < -0.39 is 11.5 Å². The van der Waals surface area contributed by atoms with Crippen molar-refractivity contribution in [1.29, 1.82) is 0 Å². The second-order valence-electron chi connectivity index (χ2n) is 6.96. The van der Waals surface area contributed by atoms with Gasteiger partial charge >= 0.3 is 5.97 Å². The summed E-state index contributed by atoms with van der Waals surface area (Å²) in [6, 6.07) is 9.84. The number of methoxy groups -OCH3 is 1. The van der Waals surface area contributed by atoms with Crippen LogP contribution in [-0.2, 0) is 19.1 Å². The van der Waals surface area contributed by atoms with Gasteiger partial charge in [-0.05, 0) is 30.1 Å². The number of rotatable bonds is 5. The number of carbonyl (C=O) groups excluding carboxylic acids is 3. The molecule has 1 aromatic rings. The number of esters is 1. The van der Waals surface area contributed by atoms with Crippen molar-refractivity contribution in [3.63, 3.8) is 0 Å². The number of aldehydes is 1. The molecule has 3 aliphatic rings. The zero-order chi connectivity index (χ0) is 19.0. The zero-order valence-electron chi connectivity index (χ0n) is 14.9. The highest BCUT2D eigenvalue weighted by atomic mass is 16.5. The van der Waals surface area contributed by atoms with E-state index in [0.717, 1.165) is 18.3 Å². The molecule has 0 radical (unpaired) electrons. The van der Waals surface area contributed by atoms with Gasteiger partial charge in [-0.1, -0.05) is 36.4 Å². The van der Waals surface area contributed by atoms with Crippen LogP contribution in [0.25, 0.3) is 0 Å². The first-order chi connectivity index (χ1) is 13.1. The first kappa shape index (κ1) is 17.3. The molecule has 0 aromatic heterocycles. The molecule has 1 heterocycles. The summed E-state index contributed by atoms with van der Waals surface area (Å²) >= 11 is 0. The molecule has 1 aromatic carbocycles. The normalized spacial score (nSPS) is 28.0. The standard InChI is InChI=1S/C21H20N2O4/c1-27-20(26)21(9-5-8-17-18(21)14(12-24)11-22-17)23-19(25)16-10-15(16)13-6-3-2-4-7-13/h2-9,12,15-16,22H,10-11H2,1H3,(H,23,25)/t15-,16+,21?/m0/s1. The molecule has 6 heteroatoms. The molecule has 0 bridgehead atoms. The molecular formula is C21H20N2O4. The Balaban J connectivity index is 1.64. The number of hydrogen-bond acceptors (Lipinski definition) is 5. The molecule has 1 saturated carbocycles. The molecule has 1 aliphatic heterocycles. The summed E-state index contributed by atoms with van der Waals surface area (Å²) in [6.45, 7) is 0.316. The van der Waals surface area contributed by atoms with E-state index in [2.05, 4.69) is 10.6 Å². The van der Waals surface area contributed by atoms with E-state index in [9.17, 15) is 14.4 Å². The lowest BCUT2D eigenvalue weighted by atomic mass is 9.82. The van der Waals surface area contributed by atoms with Crippen LogP contribution in [0.5, 0.6) is 0 Å². The highest BCUT2D eigenvalue weighted by Crippen LogP contribution is 2.48. The minimum Gasteiger partial charge on any atom is -0.467 e. The number of ether oxygens (including phenoxy) is 1. The van der Waals surface area contributed by atoms with Crippen LogP contribution in [0.2, 0.25) is 0 Å². The van der Waals surface area contributed by atoms with Crippen LogP contribution >= 0.6 is 0 Å².